The second-order valence-electron chi connectivity index (χ2n) is 9.32. The van der Waals surface area contributed by atoms with Gasteiger partial charge in [-0.2, -0.15) is 0 Å². The molecular weight excluding hydrogens is 406 g/mol. The Kier molecular flexibility index (Phi) is 4.62. The van der Waals surface area contributed by atoms with Gasteiger partial charge in [-0.05, 0) is 45.9 Å². The molecule has 32 heavy (non-hydrogen) atoms. The molecule has 6 heteroatoms. The Balaban J connectivity index is 1.50. The van der Waals surface area contributed by atoms with E-state index in [4.69, 9.17) is 14.2 Å². The van der Waals surface area contributed by atoms with Crippen LogP contribution in [0.25, 0.3) is 10.9 Å². The Morgan fingerprint density at radius 3 is 2.69 bits per heavy atom. The number of benzene rings is 2. The maximum atomic E-state index is 13.0. The van der Waals surface area contributed by atoms with Crippen LogP contribution in [0.15, 0.2) is 60.5 Å². The van der Waals surface area contributed by atoms with Crippen LogP contribution in [0.1, 0.15) is 54.8 Å². The van der Waals surface area contributed by atoms with Gasteiger partial charge in [-0.15, -0.1) is 0 Å². The van der Waals surface area contributed by atoms with Crippen molar-refractivity contribution >= 4 is 22.8 Å². The number of ketones is 1. The Labute approximate surface area is 186 Å². The van der Waals surface area contributed by atoms with Crippen molar-refractivity contribution in [3.63, 3.8) is 0 Å². The van der Waals surface area contributed by atoms with Crippen molar-refractivity contribution in [1.82, 2.24) is 4.57 Å². The molecule has 0 radical (unpaired) electrons. The normalized spacial score (nSPS) is 20.0. The largest absolute Gasteiger partial charge is 0.493 e. The molecule has 0 amide bonds. The summed E-state index contributed by atoms with van der Waals surface area (Å²) in [6, 6.07) is 13.3. The second-order valence-corrected chi connectivity index (χ2v) is 9.32. The molecule has 0 N–H and O–H groups in total. The number of aryl methyl sites for hydroxylation is 1. The zero-order valence-electron chi connectivity index (χ0n) is 18.5. The molecule has 0 saturated carbocycles. The Bertz CT molecular complexity index is 1280. The topological polar surface area (TPSA) is 66.8 Å². The minimum atomic E-state index is -0.607. The van der Waals surface area contributed by atoms with Crippen LogP contribution in [0.2, 0.25) is 0 Å². The van der Waals surface area contributed by atoms with Crippen molar-refractivity contribution < 1.29 is 23.8 Å². The van der Waals surface area contributed by atoms with Gasteiger partial charge >= 0.3 is 6.09 Å². The van der Waals surface area contributed by atoms with E-state index in [-0.39, 0.29) is 11.9 Å². The average molecular weight is 431 g/mol. The number of fused-ring (bicyclic) bond motifs is 3. The monoisotopic (exact) mass is 431 g/mol. The van der Waals surface area contributed by atoms with Crippen molar-refractivity contribution in [3.05, 3.63) is 77.2 Å². The maximum absolute atomic E-state index is 13.0. The summed E-state index contributed by atoms with van der Waals surface area (Å²) in [7, 11) is 0. The lowest BCUT2D eigenvalue weighted by Crippen LogP contribution is -2.34. The number of rotatable bonds is 1. The molecule has 0 saturated heterocycles. The third kappa shape index (κ3) is 3.45. The third-order valence-corrected chi connectivity index (χ3v) is 5.73. The van der Waals surface area contributed by atoms with Gasteiger partial charge in [0, 0.05) is 23.6 Å². The summed E-state index contributed by atoms with van der Waals surface area (Å²) in [4.78, 5) is 25.8. The van der Waals surface area contributed by atoms with E-state index in [1.54, 1.807) is 6.20 Å². The molecule has 0 bridgehead atoms. The van der Waals surface area contributed by atoms with Crippen LogP contribution in [-0.4, -0.2) is 28.1 Å². The Hall–Kier alpha value is -3.54. The summed E-state index contributed by atoms with van der Waals surface area (Å²) in [5.74, 6) is 0.536. The van der Waals surface area contributed by atoms with Crippen molar-refractivity contribution in [1.29, 1.82) is 0 Å². The van der Waals surface area contributed by atoms with E-state index < -0.39 is 17.8 Å². The fraction of sp³-hybridized carbons (Fsp3) is 0.308. The van der Waals surface area contributed by atoms with E-state index in [0.717, 1.165) is 22.0 Å². The van der Waals surface area contributed by atoms with Gasteiger partial charge in [-0.3, -0.25) is 9.36 Å². The van der Waals surface area contributed by atoms with Crippen molar-refractivity contribution in [2.24, 2.45) is 0 Å². The van der Waals surface area contributed by atoms with E-state index in [2.05, 4.69) is 0 Å². The van der Waals surface area contributed by atoms with Gasteiger partial charge in [0.05, 0.1) is 22.9 Å². The summed E-state index contributed by atoms with van der Waals surface area (Å²) in [5.41, 5.74) is 3.09. The minimum Gasteiger partial charge on any atom is -0.493 e. The molecule has 5 rings (SSSR count). The fourth-order valence-corrected chi connectivity index (χ4v) is 4.28. The summed E-state index contributed by atoms with van der Waals surface area (Å²) in [6.45, 7) is 7.46. The number of carbonyl (C=O) groups is 2. The highest BCUT2D eigenvalue weighted by Crippen LogP contribution is 2.41. The maximum Gasteiger partial charge on any atom is 0.419 e. The number of nitrogens with zero attached hydrogens (tertiary/aromatic N) is 1. The SMILES string of the molecule is Cc1ccc2c(c1)C(=O)C1=COC(c3cn(C(=O)OC(C)(C)C)c4ccccc34)CC1O2. The first kappa shape index (κ1) is 20.4. The molecule has 3 aromatic rings. The molecule has 2 aliphatic rings. The summed E-state index contributed by atoms with van der Waals surface area (Å²) >= 11 is 0. The summed E-state index contributed by atoms with van der Waals surface area (Å²) in [5, 5.41) is 0.901. The van der Waals surface area contributed by atoms with E-state index in [9.17, 15) is 9.59 Å². The van der Waals surface area contributed by atoms with Crippen LogP contribution < -0.4 is 4.74 Å². The third-order valence-electron chi connectivity index (χ3n) is 5.73. The zero-order chi connectivity index (χ0) is 22.6. The molecule has 2 unspecified atom stereocenters. The number of ether oxygens (including phenoxy) is 3. The first-order valence-electron chi connectivity index (χ1n) is 10.7. The minimum absolute atomic E-state index is 0.0606. The highest BCUT2D eigenvalue weighted by Gasteiger charge is 2.38. The predicted molar refractivity (Wildman–Crippen MR) is 120 cm³/mol. The number of aromatic nitrogens is 1. The Morgan fingerprint density at radius 1 is 1.12 bits per heavy atom. The quantitative estimate of drug-likeness (QED) is 0.493. The molecule has 2 atom stereocenters. The molecule has 6 nitrogen and oxygen atoms in total. The van der Waals surface area contributed by atoms with Gasteiger partial charge < -0.3 is 14.2 Å². The van der Waals surface area contributed by atoms with E-state index in [0.29, 0.717) is 23.3 Å². The first-order valence-corrected chi connectivity index (χ1v) is 10.7. The molecule has 0 aliphatic carbocycles. The molecule has 0 fully saturated rings. The van der Waals surface area contributed by atoms with Crippen molar-refractivity contribution in [2.45, 2.75) is 51.9 Å². The second kappa shape index (κ2) is 7.26. The summed E-state index contributed by atoms with van der Waals surface area (Å²) < 4.78 is 19.3. The molecule has 164 valence electrons. The van der Waals surface area contributed by atoms with E-state index in [1.807, 2.05) is 70.2 Å². The van der Waals surface area contributed by atoms with Crippen LogP contribution in [0.5, 0.6) is 5.75 Å². The van der Waals surface area contributed by atoms with Crippen molar-refractivity contribution in [3.8, 4) is 5.75 Å². The predicted octanol–water partition coefficient (Wildman–Crippen LogP) is 5.72. The van der Waals surface area contributed by atoms with Crippen molar-refractivity contribution in [2.75, 3.05) is 0 Å². The lowest BCUT2D eigenvalue weighted by Gasteiger charge is -2.33. The highest BCUT2D eigenvalue weighted by molar-refractivity contribution is 6.12. The summed E-state index contributed by atoms with van der Waals surface area (Å²) in [6.07, 6.45) is 2.54. The van der Waals surface area contributed by atoms with Gasteiger partial charge in [-0.1, -0.05) is 29.8 Å². The van der Waals surface area contributed by atoms with Gasteiger partial charge in [-0.25, -0.2) is 4.79 Å². The highest BCUT2D eigenvalue weighted by atomic mass is 16.6. The smallest absolute Gasteiger partial charge is 0.419 e. The van der Waals surface area contributed by atoms with Gasteiger partial charge in [0.15, 0.2) is 5.78 Å². The molecular formula is C26H25NO5. The standard InChI is InChI=1S/C26H25NO5/c1-15-9-10-21-17(11-15)24(28)19-14-30-22(12-23(19)31-21)18-13-27(25(29)32-26(2,3)4)20-8-6-5-7-16(18)20/h5-11,13-14,22-23H,12H2,1-4H3. The fourth-order valence-electron chi connectivity index (χ4n) is 4.28. The number of carbonyl (C=O) groups excluding carboxylic acids is 2. The lowest BCUT2D eigenvalue weighted by molar-refractivity contribution is 0.0531. The number of hydrogen-bond acceptors (Lipinski definition) is 5. The van der Waals surface area contributed by atoms with Crippen LogP contribution in [0.3, 0.4) is 0 Å². The molecule has 1 aromatic heterocycles. The van der Waals surface area contributed by atoms with Crippen LogP contribution in [0.4, 0.5) is 4.79 Å². The Morgan fingerprint density at radius 2 is 1.91 bits per heavy atom. The van der Waals surface area contributed by atoms with Crippen LogP contribution in [0, 0.1) is 6.92 Å². The van der Waals surface area contributed by atoms with Gasteiger partial charge in [0.1, 0.15) is 23.6 Å². The van der Waals surface area contributed by atoms with E-state index >= 15 is 0 Å². The molecule has 0 spiro atoms. The van der Waals surface area contributed by atoms with Gasteiger partial charge in [0.2, 0.25) is 0 Å². The van der Waals surface area contributed by atoms with Crippen LogP contribution >= 0.6 is 0 Å². The molecule has 2 aliphatic heterocycles. The van der Waals surface area contributed by atoms with E-state index in [1.165, 1.54) is 10.8 Å². The average Bonchev–Trinajstić information content (AvgIpc) is 3.13. The molecule has 2 aromatic carbocycles. The van der Waals surface area contributed by atoms with Gasteiger partial charge in [0.25, 0.3) is 0 Å². The lowest BCUT2D eigenvalue weighted by atomic mass is 9.89. The zero-order valence-corrected chi connectivity index (χ0v) is 18.5. The number of hydrogen-bond donors (Lipinski definition) is 0. The van der Waals surface area contributed by atoms with Crippen LogP contribution in [-0.2, 0) is 9.47 Å². The number of Topliss-reactive ketones (excluding diaryl/α,β-unsaturated/α-hetero) is 1. The number of para-hydroxylation sites is 1. The first-order chi connectivity index (χ1) is 15.2. The molecule has 3 heterocycles.